The summed E-state index contributed by atoms with van der Waals surface area (Å²) in [4.78, 5) is 24.4. The van der Waals surface area contributed by atoms with Crippen LogP contribution < -0.4 is 4.74 Å². The number of carbonyl (C=O) groups excluding carboxylic acids is 2. The van der Waals surface area contributed by atoms with Crippen LogP contribution in [0.4, 0.5) is 0 Å². The van der Waals surface area contributed by atoms with Crippen LogP contribution in [0.2, 0.25) is 0 Å². The van der Waals surface area contributed by atoms with Gasteiger partial charge in [0.1, 0.15) is 5.75 Å². The van der Waals surface area contributed by atoms with E-state index in [4.69, 9.17) is 9.47 Å². The van der Waals surface area contributed by atoms with Crippen molar-refractivity contribution in [2.45, 2.75) is 57.8 Å². The minimum absolute atomic E-state index is 0.0421. The summed E-state index contributed by atoms with van der Waals surface area (Å²) in [5.74, 6) is 1.77. The van der Waals surface area contributed by atoms with Crippen molar-refractivity contribution in [2.75, 3.05) is 13.2 Å². The van der Waals surface area contributed by atoms with Gasteiger partial charge in [-0.25, -0.2) is 0 Å². The summed E-state index contributed by atoms with van der Waals surface area (Å²) in [5, 5.41) is 0. The predicted molar refractivity (Wildman–Crippen MR) is 89.6 cm³/mol. The number of rotatable bonds is 6. The number of benzene rings is 1. The Morgan fingerprint density at radius 3 is 2.96 bits per heavy atom. The third kappa shape index (κ3) is 2.83. The van der Waals surface area contributed by atoms with Crippen LogP contribution in [0, 0.1) is 5.92 Å². The third-order valence-corrected chi connectivity index (χ3v) is 5.48. The first-order chi connectivity index (χ1) is 11.7. The van der Waals surface area contributed by atoms with Crippen LogP contribution in [-0.4, -0.2) is 25.0 Å². The van der Waals surface area contributed by atoms with Gasteiger partial charge in [-0.05, 0) is 42.9 Å². The van der Waals surface area contributed by atoms with E-state index in [-0.39, 0.29) is 17.7 Å². The highest BCUT2D eigenvalue weighted by atomic mass is 16.5. The SMILES string of the molecule is CCOC(=O)CC1CC(=O)c2cc(CCC3CC3)c3c(c21)CCO3. The van der Waals surface area contributed by atoms with Crippen LogP contribution in [0.5, 0.6) is 5.75 Å². The molecule has 0 amide bonds. The minimum atomic E-state index is -0.214. The summed E-state index contributed by atoms with van der Waals surface area (Å²) in [6.07, 6.45) is 6.43. The molecule has 0 spiro atoms. The first kappa shape index (κ1) is 15.7. The lowest BCUT2D eigenvalue weighted by Crippen LogP contribution is -2.10. The van der Waals surface area contributed by atoms with Gasteiger partial charge >= 0.3 is 5.97 Å². The number of carbonyl (C=O) groups is 2. The second-order valence-corrected chi connectivity index (χ2v) is 7.22. The van der Waals surface area contributed by atoms with Crippen LogP contribution in [0.3, 0.4) is 0 Å². The first-order valence-corrected chi connectivity index (χ1v) is 9.17. The van der Waals surface area contributed by atoms with Gasteiger partial charge in [0.25, 0.3) is 0 Å². The molecule has 24 heavy (non-hydrogen) atoms. The maximum atomic E-state index is 12.5. The molecule has 4 rings (SSSR count). The zero-order valence-electron chi connectivity index (χ0n) is 14.2. The van der Waals surface area contributed by atoms with Gasteiger partial charge in [0.05, 0.1) is 19.6 Å². The van der Waals surface area contributed by atoms with Crippen molar-refractivity contribution in [1.29, 1.82) is 0 Å². The molecule has 0 N–H and O–H groups in total. The van der Waals surface area contributed by atoms with Crippen molar-refractivity contribution in [3.8, 4) is 5.75 Å². The fourth-order valence-electron chi connectivity index (χ4n) is 4.16. The molecule has 2 aliphatic carbocycles. The van der Waals surface area contributed by atoms with E-state index in [9.17, 15) is 9.59 Å². The molecule has 3 aliphatic rings. The van der Waals surface area contributed by atoms with E-state index in [0.29, 0.717) is 26.1 Å². The summed E-state index contributed by atoms with van der Waals surface area (Å²) in [6.45, 7) is 2.87. The maximum absolute atomic E-state index is 12.5. The lowest BCUT2D eigenvalue weighted by atomic mass is 9.89. The second-order valence-electron chi connectivity index (χ2n) is 7.22. The average molecular weight is 328 g/mol. The Hall–Kier alpha value is -1.84. The highest BCUT2D eigenvalue weighted by Gasteiger charge is 2.37. The zero-order valence-corrected chi connectivity index (χ0v) is 14.2. The van der Waals surface area contributed by atoms with Gasteiger partial charge < -0.3 is 9.47 Å². The Balaban J connectivity index is 1.65. The van der Waals surface area contributed by atoms with Crippen LogP contribution in [0.25, 0.3) is 0 Å². The Labute approximate surface area is 142 Å². The topological polar surface area (TPSA) is 52.6 Å². The first-order valence-electron chi connectivity index (χ1n) is 9.17. The number of esters is 1. The third-order valence-electron chi connectivity index (χ3n) is 5.48. The van der Waals surface area contributed by atoms with E-state index in [1.165, 1.54) is 30.4 Å². The van der Waals surface area contributed by atoms with E-state index in [1.807, 2.05) is 6.92 Å². The number of ether oxygens (including phenoxy) is 2. The molecule has 0 aromatic heterocycles. The Morgan fingerprint density at radius 1 is 1.38 bits per heavy atom. The molecule has 1 aromatic rings. The molecule has 1 aliphatic heterocycles. The Bertz CT molecular complexity index is 687. The van der Waals surface area contributed by atoms with Crippen molar-refractivity contribution in [2.24, 2.45) is 5.92 Å². The van der Waals surface area contributed by atoms with Gasteiger partial charge in [-0.2, -0.15) is 0 Å². The number of Topliss-reactive ketones (excluding diaryl/α,β-unsaturated/α-hetero) is 1. The largest absolute Gasteiger partial charge is 0.493 e. The fourth-order valence-corrected chi connectivity index (χ4v) is 4.16. The maximum Gasteiger partial charge on any atom is 0.306 e. The van der Waals surface area contributed by atoms with Crippen LogP contribution in [0.15, 0.2) is 6.07 Å². The summed E-state index contributed by atoms with van der Waals surface area (Å²) in [5.41, 5.74) is 4.27. The second kappa shape index (κ2) is 6.23. The van der Waals surface area contributed by atoms with E-state index in [1.54, 1.807) is 0 Å². The van der Waals surface area contributed by atoms with E-state index in [2.05, 4.69) is 6.07 Å². The Morgan fingerprint density at radius 2 is 2.21 bits per heavy atom. The quantitative estimate of drug-likeness (QED) is 0.749. The van der Waals surface area contributed by atoms with Crippen LogP contribution >= 0.6 is 0 Å². The lowest BCUT2D eigenvalue weighted by molar-refractivity contribution is -0.143. The van der Waals surface area contributed by atoms with Gasteiger partial charge in [0.2, 0.25) is 0 Å². The molecule has 0 saturated heterocycles. The summed E-state index contributed by atoms with van der Waals surface area (Å²) >= 11 is 0. The van der Waals surface area contributed by atoms with Crippen LogP contribution in [-0.2, 0) is 22.4 Å². The van der Waals surface area contributed by atoms with Gasteiger partial charge in [0.15, 0.2) is 5.78 Å². The highest BCUT2D eigenvalue weighted by molar-refractivity contribution is 6.03. The molecule has 0 bridgehead atoms. The molecule has 1 atom stereocenters. The molecule has 1 heterocycles. The van der Waals surface area contributed by atoms with Gasteiger partial charge in [-0.15, -0.1) is 0 Å². The molecular weight excluding hydrogens is 304 g/mol. The zero-order chi connectivity index (χ0) is 16.7. The predicted octanol–water partition coefficient (Wildman–Crippen LogP) is 3.59. The number of aryl methyl sites for hydroxylation is 1. The monoisotopic (exact) mass is 328 g/mol. The molecule has 1 saturated carbocycles. The van der Waals surface area contributed by atoms with E-state index >= 15 is 0 Å². The number of ketones is 1. The number of hydrogen-bond acceptors (Lipinski definition) is 4. The molecular formula is C20H24O4. The number of hydrogen-bond donors (Lipinski definition) is 0. The van der Waals surface area contributed by atoms with Crippen LogP contribution in [0.1, 0.15) is 72.0 Å². The average Bonchev–Trinajstić information content (AvgIpc) is 3.16. The van der Waals surface area contributed by atoms with Crippen molar-refractivity contribution in [1.82, 2.24) is 0 Å². The molecule has 128 valence electrons. The molecule has 0 radical (unpaired) electrons. The fraction of sp³-hybridized carbons (Fsp3) is 0.600. The van der Waals surface area contributed by atoms with Gasteiger partial charge in [-0.3, -0.25) is 9.59 Å². The summed E-state index contributed by atoms with van der Waals surface area (Å²) in [7, 11) is 0. The number of fused-ring (bicyclic) bond motifs is 3. The van der Waals surface area contributed by atoms with Crippen molar-refractivity contribution in [3.05, 3.63) is 28.3 Å². The molecule has 1 aromatic carbocycles. The standard InChI is InChI=1S/C20H24O4/c1-2-23-18(22)11-14-10-17(21)16-9-13(6-5-12-3-4-12)20-15(19(14)16)7-8-24-20/h9,12,14H,2-8,10-11H2,1H3. The highest BCUT2D eigenvalue weighted by Crippen LogP contribution is 2.46. The molecule has 1 unspecified atom stereocenters. The minimum Gasteiger partial charge on any atom is -0.493 e. The lowest BCUT2D eigenvalue weighted by Gasteiger charge is -2.16. The van der Waals surface area contributed by atoms with Gasteiger partial charge in [-0.1, -0.05) is 12.8 Å². The van der Waals surface area contributed by atoms with Gasteiger partial charge in [0, 0.05) is 29.9 Å². The summed E-state index contributed by atoms with van der Waals surface area (Å²) < 4.78 is 11.0. The summed E-state index contributed by atoms with van der Waals surface area (Å²) in [6, 6.07) is 2.05. The smallest absolute Gasteiger partial charge is 0.306 e. The normalized spacial score (nSPS) is 21.4. The Kier molecular flexibility index (Phi) is 4.07. The molecule has 1 fully saturated rings. The van der Waals surface area contributed by atoms with Crippen molar-refractivity contribution in [3.63, 3.8) is 0 Å². The van der Waals surface area contributed by atoms with E-state index in [0.717, 1.165) is 35.6 Å². The van der Waals surface area contributed by atoms with E-state index < -0.39 is 0 Å². The molecule has 4 nitrogen and oxygen atoms in total. The molecule has 4 heteroatoms. The van der Waals surface area contributed by atoms with Crippen molar-refractivity contribution >= 4 is 11.8 Å². The van der Waals surface area contributed by atoms with Crippen molar-refractivity contribution < 1.29 is 19.1 Å².